The van der Waals surface area contributed by atoms with Gasteiger partial charge in [-0.1, -0.05) is 0 Å². The third kappa shape index (κ3) is 286. The second-order valence-corrected chi connectivity index (χ2v) is 0.283. The predicted octanol–water partition coefficient (Wildman–Crippen LogP) is -0.964. The van der Waals surface area contributed by atoms with Crippen LogP contribution in [0.4, 0.5) is 4.79 Å². The van der Waals surface area contributed by atoms with Crippen LogP contribution in [0.2, 0.25) is 0 Å². The van der Waals surface area contributed by atoms with Crippen molar-refractivity contribution in [3.63, 3.8) is 0 Å². The molecule has 5 heteroatoms. The molecular weight excluding hydrogens is 152 g/mol. The summed E-state index contributed by atoms with van der Waals surface area (Å²) in [5.41, 5.74) is 0. The molecule has 3 nitrogen and oxygen atoms in total. The van der Waals surface area contributed by atoms with Gasteiger partial charge in [0, 0.05) is 19.5 Å². The number of rotatable bonds is 0. The van der Waals surface area contributed by atoms with Gasteiger partial charge < -0.3 is 10.2 Å². The molecule has 0 fully saturated rings. The van der Waals surface area contributed by atoms with E-state index in [1.807, 2.05) is 0 Å². The average molecular weight is 157 g/mol. The van der Waals surface area contributed by atoms with Crippen LogP contribution in [0.25, 0.3) is 0 Å². The Morgan fingerprint density at radius 2 is 1.33 bits per heavy atom. The first-order valence-corrected chi connectivity index (χ1v) is 0.651. The minimum atomic E-state index is -1.83. The Morgan fingerprint density at radius 3 is 1.33 bits per heavy atom. The van der Waals surface area contributed by atoms with Gasteiger partial charge in [-0.05, 0) is 0 Å². The molecule has 0 spiro atoms. The van der Waals surface area contributed by atoms with E-state index in [4.69, 9.17) is 15.0 Å². The number of hydrogen-bond acceptors (Lipinski definition) is 1. The van der Waals surface area contributed by atoms with Gasteiger partial charge in [-0.2, -0.15) is 0 Å². The van der Waals surface area contributed by atoms with Crippen LogP contribution in [0.5, 0.6) is 0 Å². The van der Waals surface area contributed by atoms with Crippen LogP contribution in [0.1, 0.15) is 0 Å². The molecule has 32 valence electrons. The molecule has 0 amide bonds. The fraction of sp³-hybridized carbons (Fsp3) is 0. The standard InChI is InChI=1S/CH2O3.Al.Zn.3H/c2-1(3)4;;;;;/h(H2,2,3,4);;;;;. The van der Waals surface area contributed by atoms with E-state index in [-0.39, 0.29) is 36.8 Å². The van der Waals surface area contributed by atoms with Gasteiger partial charge in [0.1, 0.15) is 0 Å². The third-order valence-electron chi connectivity index (χ3n) is 0. The molecule has 0 bridgehead atoms. The van der Waals surface area contributed by atoms with E-state index in [1.165, 1.54) is 0 Å². The summed E-state index contributed by atoms with van der Waals surface area (Å²) in [5.74, 6) is 0. The Kier molecular flexibility index (Phi) is 24.3. The Balaban J connectivity index is -0.0000000450. The van der Waals surface area contributed by atoms with Gasteiger partial charge >= 0.3 is 6.16 Å². The van der Waals surface area contributed by atoms with E-state index < -0.39 is 6.16 Å². The summed E-state index contributed by atoms with van der Waals surface area (Å²) in [4.78, 5) is 8.56. The summed E-state index contributed by atoms with van der Waals surface area (Å²) in [6.07, 6.45) is -1.83. The van der Waals surface area contributed by atoms with Crippen molar-refractivity contribution in [2.45, 2.75) is 0 Å². The van der Waals surface area contributed by atoms with Gasteiger partial charge in [0.05, 0.1) is 0 Å². The molecule has 0 heterocycles. The molecular formula is CH5AlO3Zn. The van der Waals surface area contributed by atoms with Crippen molar-refractivity contribution in [3.05, 3.63) is 0 Å². The Morgan fingerprint density at radius 1 is 1.33 bits per heavy atom. The van der Waals surface area contributed by atoms with Crippen molar-refractivity contribution < 1.29 is 34.5 Å². The van der Waals surface area contributed by atoms with Gasteiger partial charge in [0.15, 0.2) is 17.4 Å². The molecule has 0 aliphatic rings. The van der Waals surface area contributed by atoms with E-state index in [2.05, 4.69) is 0 Å². The molecule has 0 rings (SSSR count). The number of carbonyl (C=O) groups is 1. The molecule has 2 N–H and O–H groups in total. The zero-order valence-electron chi connectivity index (χ0n) is 2.51. The summed E-state index contributed by atoms with van der Waals surface area (Å²) >= 11 is 0. The van der Waals surface area contributed by atoms with Gasteiger partial charge in [-0.3, -0.25) is 0 Å². The maximum atomic E-state index is 8.56. The molecule has 0 atom stereocenters. The first kappa shape index (κ1) is 16.1. The second kappa shape index (κ2) is 9.06. The first-order valence-electron chi connectivity index (χ1n) is 0.651. The third-order valence-corrected chi connectivity index (χ3v) is 0. The molecule has 0 aliphatic carbocycles. The van der Waals surface area contributed by atoms with Crippen LogP contribution in [-0.4, -0.2) is 33.7 Å². The maximum absolute atomic E-state index is 8.56. The summed E-state index contributed by atoms with van der Waals surface area (Å²) in [5, 5.41) is 13.9. The summed E-state index contributed by atoms with van der Waals surface area (Å²) in [6.45, 7) is 0. The van der Waals surface area contributed by atoms with Crippen molar-refractivity contribution in [2.75, 3.05) is 0 Å². The zero-order valence-corrected chi connectivity index (χ0v) is 5.48. The van der Waals surface area contributed by atoms with Crippen LogP contribution in [0, 0.1) is 0 Å². The molecule has 0 aromatic rings. The number of hydrogen-bond donors (Lipinski definition) is 2. The van der Waals surface area contributed by atoms with Crippen LogP contribution < -0.4 is 0 Å². The van der Waals surface area contributed by atoms with E-state index in [0.717, 1.165) is 0 Å². The predicted molar refractivity (Wildman–Crippen MR) is 20.6 cm³/mol. The minimum Gasteiger partial charge on any atom is -0.450 e. The van der Waals surface area contributed by atoms with Gasteiger partial charge in [0.2, 0.25) is 0 Å². The monoisotopic (exact) mass is 156 g/mol. The smallest absolute Gasteiger partial charge is 0.450 e. The van der Waals surface area contributed by atoms with E-state index in [9.17, 15) is 0 Å². The van der Waals surface area contributed by atoms with E-state index in [0.29, 0.717) is 0 Å². The second-order valence-electron chi connectivity index (χ2n) is 0.283. The zero-order chi connectivity index (χ0) is 3.58. The van der Waals surface area contributed by atoms with Gasteiger partial charge in [-0.15, -0.1) is 0 Å². The molecule has 0 aromatic carbocycles. The molecule has 0 saturated heterocycles. The van der Waals surface area contributed by atoms with Crippen LogP contribution in [-0.2, 0) is 19.5 Å². The number of carboxylic acid groups (broad SMARTS) is 2. The summed E-state index contributed by atoms with van der Waals surface area (Å²) in [6, 6.07) is 0. The minimum absolute atomic E-state index is 0. The molecule has 0 radical (unpaired) electrons. The van der Waals surface area contributed by atoms with Crippen molar-refractivity contribution in [2.24, 2.45) is 0 Å². The van der Waals surface area contributed by atoms with E-state index in [1.54, 1.807) is 0 Å². The van der Waals surface area contributed by atoms with E-state index >= 15 is 0 Å². The first-order chi connectivity index (χ1) is 1.73. The van der Waals surface area contributed by atoms with Crippen LogP contribution >= 0.6 is 0 Å². The molecule has 0 saturated carbocycles. The Bertz CT molecular complexity index is 33.8. The van der Waals surface area contributed by atoms with Crippen molar-refractivity contribution >= 4 is 23.5 Å². The fourth-order valence-corrected chi connectivity index (χ4v) is 0. The van der Waals surface area contributed by atoms with Gasteiger partial charge in [0.25, 0.3) is 0 Å². The molecule has 6 heavy (non-hydrogen) atoms. The normalized spacial score (nSPS) is 4.00. The Hall–Kier alpha value is 0.426. The summed E-state index contributed by atoms with van der Waals surface area (Å²) in [7, 11) is 0. The van der Waals surface area contributed by atoms with Crippen molar-refractivity contribution in [1.29, 1.82) is 0 Å². The quantitative estimate of drug-likeness (QED) is 0.445. The Labute approximate surface area is 58.2 Å². The molecule has 0 aromatic heterocycles. The maximum Gasteiger partial charge on any atom is 0.503 e. The molecule has 0 aliphatic heterocycles. The fourth-order valence-electron chi connectivity index (χ4n) is 0. The van der Waals surface area contributed by atoms with Crippen LogP contribution in [0.15, 0.2) is 0 Å². The van der Waals surface area contributed by atoms with Gasteiger partial charge in [-0.25, -0.2) is 4.79 Å². The van der Waals surface area contributed by atoms with Crippen LogP contribution in [0.3, 0.4) is 0 Å². The average Bonchev–Trinajstić information content (AvgIpc) is 0.811. The molecule has 0 unspecified atom stereocenters. The SMILES string of the molecule is O=C(O)O.[AlH3].[Zn]. The topological polar surface area (TPSA) is 57.5 Å². The largest absolute Gasteiger partial charge is 0.503 e. The van der Waals surface area contributed by atoms with Crippen molar-refractivity contribution in [3.8, 4) is 0 Å². The van der Waals surface area contributed by atoms with Crippen molar-refractivity contribution in [1.82, 2.24) is 0 Å². The summed E-state index contributed by atoms with van der Waals surface area (Å²) < 4.78 is 0.